The number of rotatable bonds is 4. The zero-order valence-electron chi connectivity index (χ0n) is 12.9. The maximum Gasteiger partial charge on any atom is 0.309 e. The minimum atomic E-state index is -0.766. The Morgan fingerprint density at radius 3 is 2.43 bits per heavy atom. The van der Waals surface area contributed by atoms with E-state index in [-0.39, 0.29) is 5.91 Å². The summed E-state index contributed by atoms with van der Waals surface area (Å²) in [6, 6.07) is 1.99. The number of likely N-dealkylation sites (tertiary alicyclic amines) is 1. The highest BCUT2D eigenvalue weighted by atomic mass is 16.4. The Hall–Kier alpha value is -1.85. The molecule has 0 spiro atoms. The fraction of sp³-hybridized carbons (Fsp3) is 0.667. The second kappa shape index (κ2) is 5.87. The smallest absolute Gasteiger partial charge is 0.309 e. The first kappa shape index (κ1) is 15.5. The molecule has 1 N–H and O–H groups in total. The van der Waals surface area contributed by atoms with Crippen molar-refractivity contribution >= 4 is 11.9 Å². The molecule has 6 nitrogen and oxygen atoms in total. The largest absolute Gasteiger partial charge is 0.481 e. The van der Waals surface area contributed by atoms with Gasteiger partial charge in [-0.2, -0.15) is 5.10 Å². The van der Waals surface area contributed by atoms with Gasteiger partial charge in [-0.25, -0.2) is 0 Å². The number of piperidine rings is 1. The predicted octanol–water partition coefficient (Wildman–Crippen LogP) is 1.60. The Morgan fingerprint density at radius 2 is 1.95 bits per heavy atom. The molecule has 116 valence electrons. The van der Waals surface area contributed by atoms with Gasteiger partial charge in [-0.15, -0.1) is 0 Å². The topological polar surface area (TPSA) is 75.4 Å². The summed E-state index contributed by atoms with van der Waals surface area (Å²) in [6.07, 6.45) is 1.45. The summed E-state index contributed by atoms with van der Waals surface area (Å²) < 4.78 is 1.85. The molecule has 0 aromatic carbocycles. The summed E-state index contributed by atoms with van der Waals surface area (Å²) in [5.74, 6) is -0.688. The summed E-state index contributed by atoms with van der Waals surface area (Å²) in [5, 5.41) is 13.5. The van der Waals surface area contributed by atoms with Crippen molar-refractivity contribution in [1.82, 2.24) is 14.7 Å². The van der Waals surface area contributed by atoms with Crippen LogP contribution in [0.4, 0.5) is 0 Å². The third-order valence-corrected chi connectivity index (χ3v) is 4.38. The summed E-state index contributed by atoms with van der Waals surface area (Å²) in [7, 11) is 0. The van der Waals surface area contributed by atoms with Crippen LogP contribution in [0.3, 0.4) is 0 Å². The van der Waals surface area contributed by atoms with E-state index in [0.29, 0.717) is 38.9 Å². The van der Waals surface area contributed by atoms with Gasteiger partial charge < -0.3 is 10.0 Å². The average Bonchev–Trinajstić information content (AvgIpc) is 2.75. The molecule has 1 aliphatic rings. The number of carboxylic acid groups (broad SMARTS) is 1. The van der Waals surface area contributed by atoms with Crippen LogP contribution in [0.5, 0.6) is 0 Å². The minimum Gasteiger partial charge on any atom is -0.481 e. The summed E-state index contributed by atoms with van der Waals surface area (Å²) in [4.78, 5) is 25.2. The number of hydrogen-bond acceptors (Lipinski definition) is 3. The van der Waals surface area contributed by atoms with Gasteiger partial charge in [0.25, 0.3) is 0 Å². The molecule has 0 saturated carbocycles. The quantitative estimate of drug-likeness (QED) is 0.915. The third kappa shape index (κ3) is 3.43. The molecular formula is C15H23N3O3. The maximum atomic E-state index is 12.2. The monoisotopic (exact) mass is 293 g/mol. The van der Waals surface area contributed by atoms with E-state index in [1.807, 2.05) is 24.6 Å². The van der Waals surface area contributed by atoms with Crippen molar-refractivity contribution < 1.29 is 14.7 Å². The molecule has 2 rings (SSSR count). The highest BCUT2D eigenvalue weighted by Gasteiger charge is 2.37. The Morgan fingerprint density at radius 1 is 1.33 bits per heavy atom. The van der Waals surface area contributed by atoms with E-state index < -0.39 is 11.4 Å². The molecule has 2 heterocycles. The van der Waals surface area contributed by atoms with Crippen molar-refractivity contribution in [3.05, 3.63) is 17.5 Å². The lowest BCUT2D eigenvalue weighted by Gasteiger charge is -2.36. The molecule has 1 fully saturated rings. The van der Waals surface area contributed by atoms with Crippen LogP contribution < -0.4 is 0 Å². The molecule has 1 aromatic heterocycles. The van der Waals surface area contributed by atoms with Crippen LogP contribution in [-0.4, -0.2) is 44.8 Å². The minimum absolute atomic E-state index is 0.0787. The zero-order chi connectivity index (χ0) is 15.6. The fourth-order valence-electron chi connectivity index (χ4n) is 2.72. The average molecular weight is 293 g/mol. The van der Waals surface area contributed by atoms with Gasteiger partial charge >= 0.3 is 5.97 Å². The first-order valence-corrected chi connectivity index (χ1v) is 7.34. The molecule has 1 saturated heterocycles. The van der Waals surface area contributed by atoms with Crippen molar-refractivity contribution in [2.45, 2.75) is 46.6 Å². The van der Waals surface area contributed by atoms with E-state index in [2.05, 4.69) is 5.10 Å². The van der Waals surface area contributed by atoms with E-state index in [9.17, 15) is 14.7 Å². The molecule has 1 amide bonds. The lowest BCUT2D eigenvalue weighted by atomic mass is 9.80. The van der Waals surface area contributed by atoms with E-state index >= 15 is 0 Å². The second-order valence-electron chi connectivity index (χ2n) is 6.15. The van der Waals surface area contributed by atoms with E-state index in [1.54, 1.807) is 11.8 Å². The van der Waals surface area contributed by atoms with Gasteiger partial charge in [-0.3, -0.25) is 14.3 Å². The summed E-state index contributed by atoms with van der Waals surface area (Å²) in [5.41, 5.74) is 1.32. The molecule has 0 unspecified atom stereocenters. The van der Waals surface area contributed by atoms with Crippen molar-refractivity contribution in [3.8, 4) is 0 Å². The normalized spacial score (nSPS) is 17.8. The van der Waals surface area contributed by atoms with Crippen LogP contribution in [-0.2, 0) is 16.1 Å². The van der Waals surface area contributed by atoms with Gasteiger partial charge in [0.2, 0.25) is 5.91 Å². The van der Waals surface area contributed by atoms with Crippen molar-refractivity contribution in [2.75, 3.05) is 13.1 Å². The Kier molecular flexibility index (Phi) is 4.34. The van der Waals surface area contributed by atoms with E-state index in [1.165, 1.54) is 0 Å². The predicted molar refractivity (Wildman–Crippen MR) is 77.9 cm³/mol. The molecule has 1 aromatic rings. The van der Waals surface area contributed by atoms with Crippen LogP contribution in [0.15, 0.2) is 6.07 Å². The number of aromatic nitrogens is 2. The van der Waals surface area contributed by atoms with Crippen molar-refractivity contribution in [2.24, 2.45) is 5.41 Å². The zero-order valence-corrected chi connectivity index (χ0v) is 12.9. The van der Waals surface area contributed by atoms with Gasteiger partial charge in [0.1, 0.15) is 0 Å². The van der Waals surface area contributed by atoms with Gasteiger partial charge in [-0.1, -0.05) is 0 Å². The molecule has 0 bridgehead atoms. The fourth-order valence-corrected chi connectivity index (χ4v) is 2.72. The first-order chi connectivity index (χ1) is 9.82. The first-order valence-electron chi connectivity index (χ1n) is 7.34. The van der Waals surface area contributed by atoms with E-state index in [4.69, 9.17) is 0 Å². The standard InChI is InChI=1S/C15H23N3O3/c1-11-10-12(2)18(16-11)7-4-13(19)17-8-5-15(3,6-9-17)14(20)21/h10H,4-9H2,1-3H3,(H,20,21). The van der Waals surface area contributed by atoms with Gasteiger partial charge in [0.15, 0.2) is 0 Å². The molecule has 0 atom stereocenters. The number of carbonyl (C=O) groups excluding carboxylic acids is 1. The van der Waals surface area contributed by atoms with Gasteiger partial charge in [0, 0.05) is 31.7 Å². The lowest BCUT2D eigenvalue weighted by molar-refractivity contribution is -0.153. The lowest BCUT2D eigenvalue weighted by Crippen LogP contribution is -2.45. The number of carboxylic acids is 1. The number of aryl methyl sites for hydroxylation is 3. The Bertz CT molecular complexity index is 542. The number of carbonyl (C=O) groups is 2. The highest BCUT2D eigenvalue weighted by Crippen LogP contribution is 2.31. The van der Waals surface area contributed by atoms with E-state index in [0.717, 1.165) is 11.4 Å². The summed E-state index contributed by atoms with van der Waals surface area (Å²) >= 11 is 0. The second-order valence-corrected chi connectivity index (χ2v) is 6.15. The van der Waals surface area contributed by atoms with Crippen LogP contribution >= 0.6 is 0 Å². The third-order valence-electron chi connectivity index (χ3n) is 4.38. The number of nitrogens with zero attached hydrogens (tertiary/aromatic N) is 3. The van der Waals surface area contributed by atoms with Gasteiger partial charge in [0.05, 0.1) is 11.1 Å². The van der Waals surface area contributed by atoms with Crippen LogP contribution in [0.2, 0.25) is 0 Å². The van der Waals surface area contributed by atoms with Crippen LogP contribution in [0, 0.1) is 19.3 Å². The van der Waals surface area contributed by atoms with Gasteiger partial charge in [-0.05, 0) is 39.7 Å². The van der Waals surface area contributed by atoms with Crippen molar-refractivity contribution in [1.29, 1.82) is 0 Å². The van der Waals surface area contributed by atoms with Crippen molar-refractivity contribution in [3.63, 3.8) is 0 Å². The molecule has 0 aliphatic carbocycles. The Balaban J connectivity index is 1.85. The molecule has 1 aliphatic heterocycles. The number of amides is 1. The molecule has 21 heavy (non-hydrogen) atoms. The Labute approximate surface area is 124 Å². The number of hydrogen-bond donors (Lipinski definition) is 1. The highest BCUT2D eigenvalue weighted by molar-refractivity contribution is 5.78. The molecule has 0 radical (unpaired) electrons. The maximum absolute atomic E-state index is 12.2. The van der Waals surface area contributed by atoms with Crippen LogP contribution in [0.25, 0.3) is 0 Å². The SMILES string of the molecule is Cc1cc(C)n(CCC(=O)N2CCC(C)(C(=O)O)CC2)n1. The molecule has 6 heteroatoms. The molecular weight excluding hydrogens is 270 g/mol. The van der Waals surface area contributed by atoms with Crippen LogP contribution in [0.1, 0.15) is 37.6 Å². The number of aliphatic carboxylic acids is 1. The summed E-state index contributed by atoms with van der Waals surface area (Å²) in [6.45, 7) is 7.29.